The Balaban J connectivity index is 1.93. The van der Waals surface area contributed by atoms with E-state index in [1.807, 2.05) is 13.1 Å². The summed E-state index contributed by atoms with van der Waals surface area (Å²) in [6.45, 7) is 0. The van der Waals surface area contributed by atoms with Crippen LogP contribution in [-0.4, -0.2) is 49.4 Å². The highest BCUT2D eigenvalue weighted by Crippen LogP contribution is 2.39. The summed E-state index contributed by atoms with van der Waals surface area (Å²) < 4.78 is 7.31. The molecule has 120 valence electrons. The number of rotatable bonds is 4. The van der Waals surface area contributed by atoms with E-state index in [9.17, 15) is 14.9 Å². The number of aromatic nitrogens is 3. The van der Waals surface area contributed by atoms with Crippen LogP contribution >= 0.6 is 23.5 Å². The molecule has 1 unspecified atom stereocenters. The number of fused-ring (bicyclic) bond motifs is 1. The van der Waals surface area contributed by atoms with E-state index in [0.29, 0.717) is 16.5 Å². The normalized spacial score (nSPS) is 16.8. The monoisotopic (exact) mass is 351 g/mol. The van der Waals surface area contributed by atoms with E-state index < -0.39 is 13.1 Å². The van der Waals surface area contributed by atoms with Crippen molar-refractivity contribution in [2.75, 3.05) is 6.26 Å². The highest BCUT2D eigenvalue weighted by Gasteiger charge is 2.39. The average Bonchev–Trinajstić information content (AvgIpc) is 2.92. The summed E-state index contributed by atoms with van der Waals surface area (Å²) in [5.41, 5.74) is 0.876. The fourth-order valence-corrected chi connectivity index (χ4v) is 4.01. The van der Waals surface area contributed by atoms with Gasteiger partial charge in [-0.3, -0.25) is 0 Å². The first kappa shape index (κ1) is 16.2. The number of nitrogens with zero attached hydrogens (tertiary/aromatic N) is 3. The smallest absolute Gasteiger partial charge is 0.535 e. The second-order valence-electron chi connectivity index (χ2n) is 5.03. The molecule has 2 heterocycles. The summed E-state index contributed by atoms with van der Waals surface area (Å²) in [6.07, 6.45) is 3.88. The first-order valence-electron chi connectivity index (χ1n) is 6.79. The molecule has 10 heteroatoms. The average molecular weight is 351 g/mol. The van der Waals surface area contributed by atoms with Crippen LogP contribution in [0.25, 0.3) is 0 Å². The summed E-state index contributed by atoms with van der Waals surface area (Å²) in [5.74, 6) is -0.801. The molecule has 1 atom stereocenters. The molecule has 0 saturated heterocycles. The van der Waals surface area contributed by atoms with Crippen molar-refractivity contribution in [3.8, 4) is 5.75 Å². The number of thioether (sulfide) groups is 2. The summed E-state index contributed by atoms with van der Waals surface area (Å²) in [5, 5.41) is 27.9. The molecule has 0 amide bonds. The lowest BCUT2D eigenvalue weighted by molar-refractivity contribution is 0.0690. The second kappa shape index (κ2) is 6.46. The van der Waals surface area contributed by atoms with Gasteiger partial charge in [-0.25, -0.2) is 4.79 Å². The zero-order chi connectivity index (χ0) is 16.6. The molecule has 0 radical (unpaired) electrons. The zero-order valence-electron chi connectivity index (χ0n) is 12.5. The summed E-state index contributed by atoms with van der Waals surface area (Å²) >= 11 is 2.69. The van der Waals surface area contributed by atoms with E-state index >= 15 is 0 Å². The van der Waals surface area contributed by atoms with Crippen molar-refractivity contribution in [1.82, 2.24) is 14.8 Å². The molecule has 1 aliphatic heterocycles. The molecule has 1 aliphatic rings. The Morgan fingerprint density at radius 1 is 1.52 bits per heavy atom. The number of aryl methyl sites for hydroxylation is 1. The number of carboxylic acids is 1. The van der Waals surface area contributed by atoms with E-state index in [2.05, 4.69) is 10.2 Å². The SMILES string of the molecule is CSc1ccc2c(c1C(=O)O)OB(O)C(Sc1nncn1C)C2. The van der Waals surface area contributed by atoms with Gasteiger partial charge in [-0.1, -0.05) is 17.8 Å². The first-order valence-corrected chi connectivity index (χ1v) is 8.90. The molecule has 0 saturated carbocycles. The van der Waals surface area contributed by atoms with Gasteiger partial charge in [-0.2, -0.15) is 0 Å². The van der Waals surface area contributed by atoms with Gasteiger partial charge in [0.15, 0.2) is 5.16 Å². The number of carbonyl (C=O) groups is 1. The molecular formula is C13H14BN3O4S2. The largest absolute Gasteiger partial charge is 0.537 e. The summed E-state index contributed by atoms with van der Waals surface area (Å²) in [7, 11) is 0.707. The van der Waals surface area contributed by atoms with Crippen molar-refractivity contribution in [2.24, 2.45) is 7.05 Å². The molecule has 23 heavy (non-hydrogen) atoms. The van der Waals surface area contributed by atoms with E-state index in [0.717, 1.165) is 5.56 Å². The van der Waals surface area contributed by atoms with Gasteiger partial charge in [-0.15, -0.1) is 22.0 Å². The van der Waals surface area contributed by atoms with Gasteiger partial charge in [-0.05, 0) is 24.3 Å². The van der Waals surface area contributed by atoms with Crippen LogP contribution in [0.1, 0.15) is 15.9 Å². The Labute approximate surface area is 141 Å². The van der Waals surface area contributed by atoms with Crippen LogP contribution < -0.4 is 4.65 Å². The van der Waals surface area contributed by atoms with Crippen LogP contribution in [0.5, 0.6) is 5.75 Å². The lowest BCUT2D eigenvalue weighted by Gasteiger charge is -2.28. The van der Waals surface area contributed by atoms with Crippen LogP contribution in [0, 0.1) is 0 Å². The van der Waals surface area contributed by atoms with Crippen molar-refractivity contribution >= 4 is 36.6 Å². The molecular weight excluding hydrogens is 337 g/mol. The minimum atomic E-state index is -1.11. The molecule has 0 aliphatic carbocycles. The van der Waals surface area contributed by atoms with E-state index in [4.69, 9.17) is 4.65 Å². The molecule has 0 fully saturated rings. The van der Waals surface area contributed by atoms with Crippen LogP contribution in [0.4, 0.5) is 0 Å². The van der Waals surface area contributed by atoms with Gasteiger partial charge in [0.05, 0.1) is 5.15 Å². The lowest BCUT2D eigenvalue weighted by atomic mass is 9.77. The number of hydrogen-bond donors (Lipinski definition) is 2. The van der Waals surface area contributed by atoms with Gasteiger partial charge in [0.1, 0.15) is 17.6 Å². The minimum Gasteiger partial charge on any atom is -0.535 e. The Hall–Kier alpha value is -1.65. The van der Waals surface area contributed by atoms with Crippen molar-refractivity contribution in [1.29, 1.82) is 0 Å². The third-order valence-electron chi connectivity index (χ3n) is 3.54. The standard InChI is InChI=1S/C13H14BN3O4S2/c1-17-6-15-16-13(17)23-9-5-7-3-4-8(22-2)10(12(18)19)11(7)21-14(9)20/h3-4,6,9,20H,5H2,1-2H3,(H,18,19). The van der Waals surface area contributed by atoms with Crippen molar-refractivity contribution in [3.63, 3.8) is 0 Å². The Morgan fingerprint density at radius 2 is 2.30 bits per heavy atom. The van der Waals surface area contributed by atoms with Gasteiger partial charge in [0, 0.05) is 11.9 Å². The van der Waals surface area contributed by atoms with Gasteiger partial charge < -0.3 is 19.4 Å². The molecule has 0 bridgehead atoms. The molecule has 1 aromatic carbocycles. The molecule has 0 spiro atoms. The van der Waals surface area contributed by atoms with Crippen LogP contribution in [-0.2, 0) is 13.5 Å². The quantitative estimate of drug-likeness (QED) is 0.629. The number of aromatic carboxylic acids is 1. The van der Waals surface area contributed by atoms with Crippen LogP contribution in [0.3, 0.4) is 0 Å². The maximum absolute atomic E-state index is 11.5. The van der Waals surface area contributed by atoms with Crippen molar-refractivity contribution in [2.45, 2.75) is 21.6 Å². The topological polar surface area (TPSA) is 97.5 Å². The Morgan fingerprint density at radius 3 is 2.91 bits per heavy atom. The van der Waals surface area contributed by atoms with Crippen molar-refractivity contribution in [3.05, 3.63) is 29.6 Å². The first-order chi connectivity index (χ1) is 11.0. The Bertz CT molecular complexity index is 755. The molecule has 2 aromatic rings. The molecule has 1 aromatic heterocycles. The maximum Gasteiger partial charge on any atom is 0.537 e. The second-order valence-corrected chi connectivity index (χ2v) is 7.08. The highest BCUT2D eigenvalue weighted by atomic mass is 32.2. The van der Waals surface area contributed by atoms with Gasteiger partial charge in [0.2, 0.25) is 0 Å². The number of benzene rings is 1. The third-order valence-corrected chi connectivity index (χ3v) is 5.60. The van der Waals surface area contributed by atoms with E-state index in [1.54, 1.807) is 23.2 Å². The van der Waals surface area contributed by atoms with E-state index in [-0.39, 0.29) is 16.5 Å². The Kier molecular flexibility index (Phi) is 4.56. The highest BCUT2D eigenvalue weighted by molar-refractivity contribution is 8.01. The summed E-state index contributed by atoms with van der Waals surface area (Å²) in [4.78, 5) is 12.2. The van der Waals surface area contributed by atoms with Crippen molar-refractivity contribution < 1.29 is 19.6 Å². The number of carboxylic acid groups (broad SMARTS) is 1. The minimum absolute atomic E-state index is 0.108. The molecule has 7 nitrogen and oxygen atoms in total. The number of hydrogen-bond acceptors (Lipinski definition) is 7. The third kappa shape index (κ3) is 3.06. The predicted molar refractivity (Wildman–Crippen MR) is 88.1 cm³/mol. The fraction of sp³-hybridized carbons (Fsp3) is 0.308. The molecule has 3 rings (SSSR count). The molecule has 2 N–H and O–H groups in total. The zero-order valence-corrected chi connectivity index (χ0v) is 14.1. The summed E-state index contributed by atoms with van der Waals surface area (Å²) in [6, 6.07) is 3.63. The van der Waals surface area contributed by atoms with E-state index in [1.165, 1.54) is 23.5 Å². The lowest BCUT2D eigenvalue weighted by Crippen LogP contribution is -2.41. The van der Waals surface area contributed by atoms with Crippen LogP contribution in [0.2, 0.25) is 0 Å². The fourth-order valence-electron chi connectivity index (χ4n) is 2.40. The van der Waals surface area contributed by atoms with Gasteiger partial charge in [0.25, 0.3) is 0 Å². The maximum atomic E-state index is 11.5. The van der Waals surface area contributed by atoms with Gasteiger partial charge >= 0.3 is 13.1 Å². The van der Waals surface area contributed by atoms with Crippen LogP contribution in [0.15, 0.2) is 28.5 Å². The predicted octanol–water partition coefficient (Wildman–Crippen LogP) is 1.35.